The molecule has 1 N–H and O–H groups in total. The lowest BCUT2D eigenvalue weighted by molar-refractivity contribution is -0.122. The maximum atomic E-state index is 12.9. The molecule has 1 saturated carbocycles. The first-order chi connectivity index (χ1) is 16.2. The Morgan fingerprint density at radius 3 is 2.38 bits per heavy atom. The molecule has 4 rings (SSSR count). The minimum absolute atomic E-state index is 0.0836. The van der Waals surface area contributed by atoms with Crippen LogP contribution in [0.4, 0.5) is 11.4 Å². The standard InChI is InChI=1S/C26H26N2O6/c1-15-6-11-21-22(12-15)25(32)28(24(21)31)20-5-3-4-18(13-20)26(33)34-14-23(30)27-19-9-7-17(8-10-19)16(2)29/h3-5,7-10,13,15,21-22H,6,11-12,14H2,1-2H3,(H,27,30)/t15-,21-,22-/m1/s1. The molecule has 0 aromatic heterocycles. The first-order valence-corrected chi connectivity index (χ1v) is 11.3. The number of rotatable bonds is 6. The number of ketones is 1. The van der Waals surface area contributed by atoms with E-state index in [1.54, 1.807) is 36.4 Å². The van der Waals surface area contributed by atoms with Gasteiger partial charge in [0.15, 0.2) is 12.4 Å². The van der Waals surface area contributed by atoms with Gasteiger partial charge in [0.25, 0.3) is 5.91 Å². The van der Waals surface area contributed by atoms with Crippen LogP contribution in [0, 0.1) is 17.8 Å². The first kappa shape index (κ1) is 23.4. The maximum absolute atomic E-state index is 12.9. The van der Waals surface area contributed by atoms with Crippen LogP contribution in [0.5, 0.6) is 0 Å². The van der Waals surface area contributed by atoms with E-state index in [4.69, 9.17) is 4.74 Å². The van der Waals surface area contributed by atoms with Crippen molar-refractivity contribution in [1.29, 1.82) is 0 Å². The van der Waals surface area contributed by atoms with Gasteiger partial charge in [0.2, 0.25) is 11.8 Å². The maximum Gasteiger partial charge on any atom is 0.338 e. The fourth-order valence-electron chi connectivity index (χ4n) is 4.62. The number of carbonyl (C=O) groups is 5. The molecule has 0 radical (unpaired) electrons. The molecule has 0 unspecified atom stereocenters. The van der Waals surface area contributed by atoms with Gasteiger partial charge in [0.1, 0.15) is 0 Å². The van der Waals surface area contributed by atoms with Crippen LogP contribution >= 0.6 is 0 Å². The summed E-state index contributed by atoms with van der Waals surface area (Å²) < 4.78 is 5.11. The molecule has 3 atom stereocenters. The van der Waals surface area contributed by atoms with Crippen LogP contribution in [0.3, 0.4) is 0 Å². The van der Waals surface area contributed by atoms with Crippen LogP contribution in [0.1, 0.15) is 53.8 Å². The number of ether oxygens (including phenoxy) is 1. The van der Waals surface area contributed by atoms with E-state index in [1.165, 1.54) is 24.0 Å². The molecule has 3 amide bonds. The lowest BCUT2D eigenvalue weighted by Gasteiger charge is -2.25. The number of carbonyl (C=O) groups excluding carboxylic acids is 5. The number of nitrogens with one attached hydrogen (secondary N) is 1. The molecular weight excluding hydrogens is 436 g/mol. The monoisotopic (exact) mass is 462 g/mol. The third-order valence-electron chi connectivity index (χ3n) is 6.44. The van der Waals surface area contributed by atoms with Gasteiger partial charge in [-0.15, -0.1) is 0 Å². The second kappa shape index (κ2) is 9.59. The molecule has 2 fully saturated rings. The second-order valence-electron chi connectivity index (χ2n) is 8.95. The Morgan fingerprint density at radius 2 is 1.68 bits per heavy atom. The van der Waals surface area contributed by atoms with Crippen molar-refractivity contribution < 1.29 is 28.7 Å². The highest BCUT2D eigenvalue weighted by Gasteiger charge is 2.50. The average Bonchev–Trinajstić information content (AvgIpc) is 3.07. The van der Waals surface area contributed by atoms with Crippen molar-refractivity contribution in [2.24, 2.45) is 17.8 Å². The van der Waals surface area contributed by atoms with E-state index < -0.39 is 18.5 Å². The second-order valence-corrected chi connectivity index (χ2v) is 8.95. The molecule has 0 spiro atoms. The predicted octanol–water partition coefficient (Wildman–Crippen LogP) is 3.61. The summed E-state index contributed by atoms with van der Waals surface area (Å²) in [6.45, 7) is 3.02. The number of imide groups is 1. The lowest BCUT2D eigenvalue weighted by Crippen LogP contribution is -2.31. The van der Waals surface area contributed by atoms with E-state index in [2.05, 4.69) is 12.2 Å². The van der Waals surface area contributed by atoms with Gasteiger partial charge in [-0.3, -0.25) is 24.1 Å². The van der Waals surface area contributed by atoms with E-state index in [1.807, 2.05) is 0 Å². The topological polar surface area (TPSA) is 110 Å². The molecule has 34 heavy (non-hydrogen) atoms. The van der Waals surface area contributed by atoms with Crippen LogP contribution in [-0.2, 0) is 19.1 Å². The molecule has 2 aromatic rings. The molecule has 1 heterocycles. The number of esters is 1. The summed E-state index contributed by atoms with van der Waals surface area (Å²) in [6, 6.07) is 12.5. The first-order valence-electron chi connectivity index (χ1n) is 11.3. The van der Waals surface area contributed by atoms with Crippen molar-refractivity contribution in [3.05, 3.63) is 59.7 Å². The van der Waals surface area contributed by atoms with Gasteiger partial charge in [-0.25, -0.2) is 4.79 Å². The summed E-state index contributed by atoms with van der Waals surface area (Å²) in [5, 5.41) is 2.59. The van der Waals surface area contributed by atoms with Crippen LogP contribution in [0.2, 0.25) is 0 Å². The Kier molecular flexibility index (Phi) is 6.58. The summed E-state index contributed by atoms with van der Waals surface area (Å²) in [6.07, 6.45) is 2.31. The number of hydrogen-bond donors (Lipinski definition) is 1. The van der Waals surface area contributed by atoms with E-state index in [9.17, 15) is 24.0 Å². The van der Waals surface area contributed by atoms with Crippen molar-refractivity contribution >= 4 is 40.8 Å². The lowest BCUT2D eigenvalue weighted by atomic mass is 9.76. The fourth-order valence-corrected chi connectivity index (χ4v) is 4.62. The van der Waals surface area contributed by atoms with Crippen molar-refractivity contribution in [1.82, 2.24) is 0 Å². The van der Waals surface area contributed by atoms with Crippen molar-refractivity contribution in [2.75, 3.05) is 16.8 Å². The fraction of sp³-hybridized carbons (Fsp3) is 0.346. The Labute approximate surface area is 197 Å². The molecule has 0 bridgehead atoms. The van der Waals surface area contributed by atoms with Crippen LogP contribution in [0.15, 0.2) is 48.5 Å². The highest BCUT2D eigenvalue weighted by molar-refractivity contribution is 6.22. The van der Waals surface area contributed by atoms with Gasteiger partial charge in [0, 0.05) is 11.3 Å². The number of benzene rings is 2. The van der Waals surface area contributed by atoms with Crippen molar-refractivity contribution in [3.63, 3.8) is 0 Å². The van der Waals surface area contributed by atoms with E-state index in [0.717, 1.165) is 6.42 Å². The number of Topliss-reactive ketones (excluding diaryl/α,β-unsaturated/α-hetero) is 1. The van der Waals surface area contributed by atoms with Gasteiger partial charge >= 0.3 is 5.97 Å². The molecule has 2 aromatic carbocycles. The van der Waals surface area contributed by atoms with Crippen molar-refractivity contribution in [2.45, 2.75) is 33.1 Å². The minimum Gasteiger partial charge on any atom is -0.452 e. The largest absolute Gasteiger partial charge is 0.452 e. The zero-order valence-corrected chi connectivity index (χ0v) is 19.1. The summed E-state index contributed by atoms with van der Waals surface area (Å²) >= 11 is 0. The Bertz CT molecular complexity index is 1160. The smallest absolute Gasteiger partial charge is 0.338 e. The van der Waals surface area contributed by atoms with Crippen LogP contribution < -0.4 is 10.2 Å². The molecule has 2 aliphatic rings. The van der Waals surface area contributed by atoms with Crippen molar-refractivity contribution in [3.8, 4) is 0 Å². The summed E-state index contributed by atoms with van der Waals surface area (Å²) in [5.41, 5.74) is 1.46. The summed E-state index contributed by atoms with van der Waals surface area (Å²) in [4.78, 5) is 63.0. The summed E-state index contributed by atoms with van der Waals surface area (Å²) in [7, 11) is 0. The third kappa shape index (κ3) is 4.76. The molecule has 1 aliphatic carbocycles. The molecule has 8 nitrogen and oxygen atoms in total. The molecule has 8 heteroatoms. The van der Waals surface area contributed by atoms with Gasteiger partial charge in [-0.2, -0.15) is 0 Å². The number of amides is 3. The van der Waals surface area contributed by atoms with Gasteiger partial charge in [-0.05, 0) is 74.6 Å². The van der Waals surface area contributed by atoms with Crippen LogP contribution in [0.25, 0.3) is 0 Å². The predicted molar refractivity (Wildman–Crippen MR) is 124 cm³/mol. The highest BCUT2D eigenvalue weighted by atomic mass is 16.5. The van der Waals surface area contributed by atoms with Gasteiger partial charge in [0.05, 0.1) is 23.1 Å². The number of nitrogens with zero attached hydrogens (tertiary/aromatic N) is 1. The highest BCUT2D eigenvalue weighted by Crippen LogP contribution is 2.42. The third-order valence-corrected chi connectivity index (χ3v) is 6.44. The zero-order valence-electron chi connectivity index (χ0n) is 19.1. The molecule has 1 saturated heterocycles. The molecule has 176 valence electrons. The molecular formula is C26H26N2O6. The normalized spacial score (nSPS) is 21.7. The molecule has 1 aliphatic heterocycles. The Hall–Kier alpha value is -3.81. The van der Waals surface area contributed by atoms with Crippen LogP contribution in [-0.4, -0.2) is 36.1 Å². The summed E-state index contributed by atoms with van der Waals surface area (Å²) in [5.74, 6) is -2.01. The van der Waals surface area contributed by atoms with E-state index in [0.29, 0.717) is 35.7 Å². The number of fused-ring (bicyclic) bond motifs is 1. The van der Waals surface area contributed by atoms with Gasteiger partial charge in [-0.1, -0.05) is 13.0 Å². The van der Waals surface area contributed by atoms with E-state index in [-0.39, 0.29) is 35.0 Å². The van der Waals surface area contributed by atoms with Gasteiger partial charge < -0.3 is 10.1 Å². The minimum atomic E-state index is -0.742. The quantitative estimate of drug-likeness (QED) is 0.399. The zero-order chi connectivity index (χ0) is 24.4. The SMILES string of the molecule is CC(=O)c1ccc(NC(=O)COC(=O)c2cccc(N3C(=O)[C@@H]4CC[C@@H](C)C[C@H]4C3=O)c2)cc1. The Balaban J connectivity index is 1.38. The number of hydrogen-bond acceptors (Lipinski definition) is 6. The average molecular weight is 463 g/mol. The Morgan fingerprint density at radius 1 is 0.971 bits per heavy atom. The van der Waals surface area contributed by atoms with E-state index >= 15 is 0 Å². The number of anilines is 2.